The second-order valence-electron chi connectivity index (χ2n) is 6.55. The van der Waals surface area contributed by atoms with Gasteiger partial charge in [-0.3, -0.25) is 9.20 Å². The average Bonchev–Trinajstić information content (AvgIpc) is 2.63. The maximum absolute atomic E-state index is 13.7. The normalized spacial score (nSPS) is 21.3. The van der Waals surface area contributed by atoms with Crippen molar-refractivity contribution >= 4 is 40.7 Å². The molecule has 0 aromatic heterocycles. The quantitative estimate of drug-likeness (QED) is 0.332. The summed E-state index contributed by atoms with van der Waals surface area (Å²) >= 11 is 0. The van der Waals surface area contributed by atoms with Crippen molar-refractivity contribution < 1.29 is 13.0 Å². The zero-order chi connectivity index (χ0) is 18.9. The average molecular weight is 513 g/mol. The van der Waals surface area contributed by atoms with Crippen molar-refractivity contribution in [1.82, 2.24) is 10.6 Å². The molecule has 0 radical (unpaired) electrons. The molecule has 2 N–H and O–H groups in total. The highest BCUT2D eigenvalue weighted by atomic mass is 127. The van der Waals surface area contributed by atoms with Crippen LogP contribution in [0.5, 0.6) is 0 Å². The zero-order valence-corrected chi connectivity index (χ0v) is 19.1. The topological polar surface area (TPSA) is 53.5 Å². The fourth-order valence-corrected chi connectivity index (χ4v) is 4.62. The van der Waals surface area contributed by atoms with Crippen LogP contribution < -0.4 is 10.6 Å². The first-order valence-electron chi connectivity index (χ1n) is 9.39. The number of hydrogen-bond acceptors (Lipinski definition) is 2. The molecule has 0 amide bonds. The highest BCUT2D eigenvalue weighted by molar-refractivity contribution is 14.0. The van der Waals surface area contributed by atoms with Gasteiger partial charge in [0.25, 0.3) is 0 Å². The molecule has 1 saturated carbocycles. The standard InChI is InChI=1S/C19H29F2N3OS.HI/c1-3-22-19(23-11-10-14-8-9-15(20)12-18(14)21)24-16-6-5-7-17(13-16)26(25)4-2;/h8-9,12,16-17H,3-7,10-11,13H2,1-2H3,(H2,22,23,24);1H. The van der Waals surface area contributed by atoms with E-state index in [2.05, 4.69) is 15.6 Å². The number of aliphatic imine (C=N–C) groups is 1. The molecule has 27 heavy (non-hydrogen) atoms. The first kappa shape index (κ1) is 24.3. The molecule has 2 rings (SSSR count). The third-order valence-electron chi connectivity index (χ3n) is 4.63. The third-order valence-corrected chi connectivity index (χ3v) is 6.37. The molecule has 1 aliphatic rings. The van der Waals surface area contributed by atoms with Crippen LogP contribution in [-0.2, 0) is 17.2 Å². The van der Waals surface area contributed by atoms with Crippen LogP contribution in [0.25, 0.3) is 0 Å². The van der Waals surface area contributed by atoms with Crippen molar-refractivity contribution in [3.63, 3.8) is 0 Å². The third kappa shape index (κ3) is 8.01. The van der Waals surface area contributed by atoms with Crippen LogP contribution in [0.1, 0.15) is 45.1 Å². The zero-order valence-electron chi connectivity index (χ0n) is 16.0. The molecule has 3 unspecified atom stereocenters. The van der Waals surface area contributed by atoms with Crippen molar-refractivity contribution in [2.45, 2.75) is 57.2 Å². The van der Waals surface area contributed by atoms with Crippen LogP contribution in [0.15, 0.2) is 23.2 Å². The molecule has 0 spiro atoms. The summed E-state index contributed by atoms with van der Waals surface area (Å²) in [6.45, 7) is 5.10. The molecule has 1 fully saturated rings. The van der Waals surface area contributed by atoms with Gasteiger partial charge < -0.3 is 10.6 Å². The number of halogens is 3. The maximum Gasteiger partial charge on any atom is 0.191 e. The van der Waals surface area contributed by atoms with E-state index in [1.54, 1.807) is 0 Å². The second-order valence-corrected chi connectivity index (χ2v) is 8.55. The van der Waals surface area contributed by atoms with Crippen molar-refractivity contribution in [2.24, 2.45) is 4.99 Å². The fraction of sp³-hybridized carbons (Fsp3) is 0.632. The first-order chi connectivity index (χ1) is 12.5. The molecule has 154 valence electrons. The van der Waals surface area contributed by atoms with Crippen LogP contribution in [-0.4, -0.2) is 40.3 Å². The Morgan fingerprint density at radius 3 is 2.74 bits per heavy atom. The predicted molar refractivity (Wildman–Crippen MR) is 119 cm³/mol. The van der Waals surface area contributed by atoms with Crippen molar-refractivity contribution in [1.29, 1.82) is 0 Å². The Bertz CT molecular complexity index is 645. The van der Waals surface area contributed by atoms with Crippen molar-refractivity contribution in [3.8, 4) is 0 Å². The summed E-state index contributed by atoms with van der Waals surface area (Å²) in [5, 5.41) is 6.89. The van der Waals surface area contributed by atoms with Gasteiger partial charge in [0.2, 0.25) is 0 Å². The van der Waals surface area contributed by atoms with E-state index in [9.17, 15) is 13.0 Å². The van der Waals surface area contributed by atoms with Gasteiger partial charge in [0.1, 0.15) is 11.6 Å². The summed E-state index contributed by atoms with van der Waals surface area (Å²) in [6.07, 6.45) is 4.42. The van der Waals surface area contributed by atoms with Gasteiger partial charge in [-0.1, -0.05) is 19.4 Å². The lowest BCUT2D eigenvalue weighted by atomic mass is 9.95. The largest absolute Gasteiger partial charge is 0.357 e. The van der Waals surface area contributed by atoms with E-state index in [1.165, 1.54) is 12.1 Å². The Morgan fingerprint density at radius 2 is 2.07 bits per heavy atom. The number of nitrogens with one attached hydrogen (secondary N) is 2. The molecule has 8 heteroatoms. The molecule has 1 aromatic carbocycles. The van der Waals surface area contributed by atoms with Crippen molar-refractivity contribution in [2.75, 3.05) is 18.8 Å². The molecule has 0 saturated heterocycles. The van der Waals surface area contributed by atoms with E-state index in [-0.39, 0.29) is 35.3 Å². The lowest BCUT2D eigenvalue weighted by Crippen LogP contribution is -2.46. The lowest BCUT2D eigenvalue weighted by molar-refractivity contribution is 0.413. The van der Waals surface area contributed by atoms with Gasteiger partial charge in [0.05, 0.1) is 0 Å². The number of rotatable bonds is 7. The van der Waals surface area contributed by atoms with Crippen LogP contribution in [0.3, 0.4) is 0 Å². The number of hydrogen-bond donors (Lipinski definition) is 2. The number of benzene rings is 1. The molecule has 4 nitrogen and oxygen atoms in total. The molecule has 0 bridgehead atoms. The SMILES string of the molecule is CCNC(=NCCc1ccc(F)cc1F)NC1CCCC(S(=O)CC)C1.I. The fourth-order valence-electron chi connectivity index (χ4n) is 3.28. The van der Waals surface area contributed by atoms with E-state index >= 15 is 0 Å². The number of nitrogens with zero attached hydrogens (tertiary/aromatic N) is 1. The maximum atomic E-state index is 13.7. The molecule has 1 aliphatic carbocycles. The minimum Gasteiger partial charge on any atom is -0.357 e. The van der Waals surface area contributed by atoms with Gasteiger partial charge in [-0.15, -0.1) is 24.0 Å². The van der Waals surface area contributed by atoms with Gasteiger partial charge in [0.15, 0.2) is 5.96 Å². The van der Waals surface area contributed by atoms with Crippen molar-refractivity contribution in [3.05, 3.63) is 35.4 Å². The van der Waals surface area contributed by atoms with Crippen LogP contribution >= 0.6 is 24.0 Å². The summed E-state index contributed by atoms with van der Waals surface area (Å²) in [5.41, 5.74) is 0.460. The summed E-state index contributed by atoms with van der Waals surface area (Å²) in [5.74, 6) is 0.300. The first-order valence-corrected chi connectivity index (χ1v) is 10.8. The van der Waals surface area contributed by atoms with Gasteiger partial charge in [-0.2, -0.15) is 0 Å². The Hall–Kier alpha value is -0.770. The van der Waals surface area contributed by atoms with E-state index < -0.39 is 22.4 Å². The highest BCUT2D eigenvalue weighted by Gasteiger charge is 2.26. The Kier molecular flexibility index (Phi) is 11.4. The van der Waals surface area contributed by atoms with Crippen LogP contribution in [0.4, 0.5) is 8.78 Å². The summed E-state index contributed by atoms with van der Waals surface area (Å²) in [7, 11) is -0.760. The second kappa shape index (κ2) is 12.6. The molecule has 0 aliphatic heterocycles. The van der Waals surface area contributed by atoms with Crippen LogP contribution in [0, 0.1) is 11.6 Å². The minimum atomic E-state index is -0.760. The van der Waals surface area contributed by atoms with E-state index in [4.69, 9.17) is 0 Å². The molecular weight excluding hydrogens is 483 g/mol. The molecule has 3 atom stereocenters. The van der Waals surface area contributed by atoms with E-state index in [0.717, 1.165) is 38.3 Å². The van der Waals surface area contributed by atoms with Gasteiger partial charge in [-0.25, -0.2) is 8.78 Å². The van der Waals surface area contributed by atoms with E-state index in [0.29, 0.717) is 30.2 Å². The number of guanidine groups is 1. The van der Waals surface area contributed by atoms with Gasteiger partial charge >= 0.3 is 0 Å². The summed E-state index contributed by atoms with van der Waals surface area (Å²) in [6, 6.07) is 3.89. The summed E-state index contributed by atoms with van der Waals surface area (Å²) < 4.78 is 38.7. The monoisotopic (exact) mass is 513 g/mol. The Labute approximate surface area is 180 Å². The summed E-state index contributed by atoms with van der Waals surface area (Å²) in [4.78, 5) is 4.51. The Balaban J connectivity index is 0.00000364. The molecular formula is C19H30F2IN3OS. The van der Waals surface area contributed by atoms with Gasteiger partial charge in [0, 0.05) is 47.0 Å². The van der Waals surface area contributed by atoms with Crippen LogP contribution in [0.2, 0.25) is 0 Å². The van der Waals surface area contributed by atoms with E-state index in [1.807, 2.05) is 13.8 Å². The lowest BCUT2D eigenvalue weighted by Gasteiger charge is -2.30. The molecule has 0 heterocycles. The highest BCUT2D eigenvalue weighted by Crippen LogP contribution is 2.23. The Morgan fingerprint density at radius 1 is 1.30 bits per heavy atom. The molecule has 1 aromatic rings. The smallest absolute Gasteiger partial charge is 0.191 e. The minimum absolute atomic E-state index is 0. The predicted octanol–water partition coefficient (Wildman–Crippen LogP) is 3.76. The van der Waals surface area contributed by atoms with Gasteiger partial charge in [-0.05, 0) is 44.2 Å².